The predicted octanol–water partition coefficient (Wildman–Crippen LogP) is -0.488. The molecule has 1 amide bonds. The number of hydrogen-bond acceptors (Lipinski definition) is 4. The van der Waals surface area contributed by atoms with E-state index in [0.717, 1.165) is 5.52 Å². The summed E-state index contributed by atoms with van der Waals surface area (Å²) in [4.78, 5) is 17.7. The highest BCUT2D eigenvalue weighted by Gasteiger charge is 2.29. The van der Waals surface area contributed by atoms with Gasteiger partial charge in [-0.3, -0.25) is 9.78 Å². The van der Waals surface area contributed by atoms with Crippen molar-refractivity contribution in [1.82, 2.24) is 19.5 Å². The van der Waals surface area contributed by atoms with Gasteiger partial charge in [-0.2, -0.15) is 5.10 Å². The fraction of sp³-hybridized carbons (Fsp3) is 0.300. The van der Waals surface area contributed by atoms with Crippen LogP contribution < -0.4 is 5.73 Å². The van der Waals surface area contributed by atoms with Crippen LogP contribution >= 0.6 is 0 Å². The molecule has 2 aromatic heterocycles. The van der Waals surface area contributed by atoms with Crippen LogP contribution in [0.1, 0.15) is 10.4 Å². The lowest BCUT2D eigenvalue weighted by Gasteiger charge is -2.36. The van der Waals surface area contributed by atoms with Crippen LogP contribution in [0.3, 0.4) is 0 Å². The van der Waals surface area contributed by atoms with Crippen molar-refractivity contribution in [2.24, 2.45) is 5.73 Å². The molecule has 0 saturated carbocycles. The number of nitrogens with two attached hydrogens (primary N) is 1. The fourth-order valence-electron chi connectivity index (χ4n) is 1.85. The number of carbonyl (C=O) groups excluding carboxylic acids is 1. The van der Waals surface area contributed by atoms with E-state index in [1.54, 1.807) is 34.2 Å². The summed E-state index contributed by atoms with van der Waals surface area (Å²) in [6, 6.07) is 0.115. The molecule has 0 radical (unpaired) electrons. The molecule has 3 rings (SSSR count). The maximum absolute atomic E-state index is 12.0. The molecule has 1 aliphatic rings. The zero-order valence-corrected chi connectivity index (χ0v) is 8.58. The summed E-state index contributed by atoms with van der Waals surface area (Å²) >= 11 is 0. The quantitative estimate of drug-likeness (QED) is 0.699. The second-order valence-electron chi connectivity index (χ2n) is 3.93. The van der Waals surface area contributed by atoms with E-state index in [1.807, 2.05) is 0 Å². The fourth-order valence-corrected chi connectivity index (χ4v) is 1.85. The van der Waals surface area contributed by atoms with Crippen molar-refractivity contribution in [1.29, 1.82) is 0 Å². The lowest BCUT2D eigenvalue weighted by atomic mass is 10.1. The summed E-state index contributed by atoms with van der Waals surface area (Å²) in [5, 5.41) is 4.10. The Hall–Kier alpha value is -1.95. The minimum Gasteiger partial charge on any atom is -0.335 e. The van der Waals surface area contributed by atoms with Crippen molar-refractivity contribution < 1.29 is 4.79 Å². The molecule has 0 unspecified atom stereocenters. The summed E-state index contributed by atoms with van der Waals surface area (Å²) in [6.07, 6.45) is 6.56. The molecule has 0 bridgehead atoms. The maximum Gasteiger partial charge on any atom is 0.257 e. The third kappa shape index (κ3) is 1.27. The van der Waals surface area contributed by atoms with Gasteiger partial charge in [-0.1, -0.05) is 0 Å². The van der Waals surface area contributed by atoms with E-state index in [0.29, 0.717) is 18.7 Å². The van der Waals surface area contributed by atoms with Crippen LogP contribution in [0.2, 0.25) is 0 Å². The van der Waals surface area contributed by atoms with Crippen molar-refractivity contribution in [2.75, 3.05) is 13.1 Å². The first-order chi connectivity index (χ1) is 7.75. The Bertz CT molecular complexity index is 543. The average molecular weight is 217 g/mol. The minimum atomic E-state index is -0.0234. The third-order valence-electron chi connectivity index (χ3n) is 2.75. The van der Waals surface area contributed by atoms with Crippen molar-refractivity contribution in [3.63, 3.8) is 0 Å². The number of aromatic nitrogens is 3. The molecular weight excluding hydrogens is 206 g/mol. The van der Waals surface area contributed by atoms with Gasteiger partial charge < -0.3 is 10.6 Å². The number of likely N-dealkylation sites (tertiary alicyclic amines) is 1. The molecule has 2 N–H and O–H groups in total. The maximum atomic E-state index is 12.0. The highest BCUT2D eigenvalue weighted by Crippen LogP contribution is 2.15. The van der Waals surface area contributed by atoms with Gasteiger partial charge in [0.15, 0.2) is 0 Å². The third-order valence-corrected chi connectivity index (χ3v) is 2.75. The molecule has 0 aromatic carbocycles. The SMILES string of the molecule is NC1CN(C(=O)c2cnn3ccncc23)C1. The highest BCUT2D eigenvalue weighted by molar-refractivity contribution is 6.00. The first-order valence-electron chi connectivity index (χ1n) is 5.08. The smallest absolute Gasteiger partial charge is 0.257 e. The highest BCUT2D eigenvalue weighted by atomic mass is 16.2. The van der Waals surface area contributed by atoms with Crippen LogP contribution in [0.4, 0.5) is 0 Å². The zero-order chi connectivity index (χ0) is 11.1. The summed E-state index contributed by atoms with van der Waals surface area (Å²) in [7, 11) is 0. The van der Waals surface area contributed by atoms with E-state index in [1.165, 1.54) is 0 Å². The van der Waals surface area contributed by atoms with E-state index < -0.39 is 0 Å². The molecule has 1 aliphatic heterocycles. The van der Waals surface area contributed by atoms with Gasteiger partial charge >= 0.3 is 0 Å². The van der Waals surface area contributed by atoms with Crippen LogP contribution in [0.15, 0.2) is 24.8 Å². The Morgan fingerprint density at radius 1 is 1.44 bits per heavy atom. The van der Waals surface area contributed by atoms with E-state index >= 15 is 0 Å². The Labute approximate surface area is 91.7 Å². The lowest BCUT2D eigenvalue weighted by Crippen LogP contribution is -2.57. The Morgan fingerprint density at radius 2 is 2.25 bits per heavy atom. The van der Waals surface area contributed by atoms with E-state index in [-0.39, 0.29) is 11.9 Å². The molecule has 2 aromatic rings. The minimum absolute atomic E-state index is 0.0234. The van der Waals surface area contributed by atoms with Crippen LogP contribution in [-0.4, -0.2) is 44.5 Å². The second-order valence-corrected chi connectivity index (χ2v) is 3.93. The summed E-state index contributed by atoms with van der Waals surface area (Å²) in [5.41, 5.74) is 6.96. The summed E-state index contributed by atoms with van der Waals surface area (Å²) in [5.74, 6) is -0.0234. The molecule has 0 aliphatic carbocycles. The van der Waals surface area contributed by atoms with Gasteiger partial charge in [0, 0.05) is 31.5 Å². The monoisotopic (exact) mass is 217 g/mol. The van der Waals surface area contributed by atoms with Crippen molar-refractivity contribution in [3.05, 3.63) is 30.4 Å². The second kappa shape index (κ2) is 3.28. The molecule has 1 saturated heterocycles. The van der Waals surface area contributed by atoms with E-state index in [4.69, 9.17) is 5.73 Å². The van der Waals surface area contributed by atoms with Crippen LogP contribution in [0.25, 0.3) is 5.52 Å². The van der Waals surface area contributed by atoms with Gasteiger partial charge in [0.2, 0.25) is 0 Å². The van der Waals surface area contributed by atoms with Crippen molar-refractivity contribution in [2.45, 2.75) is 6.04 Å². The zero-order valence-electron chi connectivity index (χ0n) is 8.58. The van der Waals surface area contributed by atoms with Crippen LogP contribution in [0.5, 0.6) is 0 Å². The molecule has 0 spiro atoms. The summed E-state index contributed by atoms with van der Waals surface area (Å²) < 4.78 is 1.64. The number of nitrogens with zero attached hydrogens (tertiary/aromatic N) is 4. The molecule has 16 heavy (non-hydrogen) atoms. The number of hydrogen-bond donors (Lipinski definition) is 1. The van der Waals surface area contributed by atoms with E-state index in [2.05, 4.69) is 10.1 Å². The molecular formula is C10H11N5O. The molecule has 1 fully saturated rings. The Morgan fingerprint density at radius 3 is 3.00 bits per heavy atom. The van der Waals surface area contributed by atoms with Gasteiger partial charge in [-0.15, -0.1) is 0 Å². The molecule has 6 nitrogen and oxygen atoms in total. The topological polar surface area (TPSA) is 76.5 Å². The van der Waals surface area contributed by atoms with Crippen molar-refractivity contribution >= 4 is 11.4 Å². The molecule has 3 heterocycles. The Balaban J connectivity index is 1.97. The van der Waals surface area contributed by atoms with Gasteiger partial charge in [-0.05, 0) is 0 Å². The standard InChI is InChI=1S/C10H11N5O/c11-7-5-14(6-7)10(16)8-3-13-15-2-1-12-4-9(8)15/h1-4,7H,5-6,11H2. The van der Waals surface area contributed by atoms with Crippen LogP contribution in [-0.2, 0) is 0 Å². The average Bonchev–Trinajstić information content (AvgIpc) is 2.67. The first-order valence-corrected chi connectivity index (χ1v) is 5.08. The van der Waals surface area contributed by atoms with Gasteiger partial charge in [0.25, 0.3) is 5.91 Å². The van der Waals surface area contributed by atoms with Gasteiger partial charge in [0.05, 0.1) is 23.5 Å². The summed E-state index contributed by atoms with van der Waals surface area (Å²) in [6.45, 7) is 1.24. The number of fused-ring (bicyclic) bond motifs is 1. The van der Waals surface area contributed by atoms with E-state index in [9.17, 15) is 4.79 Å². The van der Waals surface area contributed by atoms with Gasteiger partial charge in [0.1, 0.15) is 0 Å². The van der Waals surface area contributed by atoms with Crippen LogP contribution in [0, 0.1) is 0 Å². The van der Waals surface area contributed by atoms with Gasteiger partial charge in [-0.25, -0.2) is 4.52 Å². The predicted molar refractivity (Wildman–Crippen MR) is 56.9 cm³/mol. The Kier molecular flexibility index (Phi) is 1.90. The largest absolute Gasteiger partial charge is 0.335 e. The number of amides is 1. The number of rotatable bonds is 1. The lowest BCUT2D eigenvalue weighted by molar-refractivity contribution is 0.0610. The first kappa shape index (κ1) is 9.29. The number of carbonyl (C=O) groups is 1. The molecule has 82 valence electrons. The molecule has 0 atom stereocenters. The van der Waals surface area contributed by atoms with Crippen molar-refractivity contribution in [3.8, 4) is 0 Å². The molecule has 6 heteroatoms. The normalized spacial score (nSPS) is 16.4.